The smallest absolute Gasteiger partial charge is 0.0107 e. The van der Waals surface area contributed by atoms with Crippen molar-refractivity contribution in [3.63, 3.8) is 0 Å². The number of nitrogens with one attached hydrogen (secondary N) is 1. The predicted molar refractivity (Wildman–Crippen MR) is 75.5 cm³/mol. The van der Waals surface area contributed by atoms with Crippen LogP contribution in [0.4, 0.5) is 0 Å². The summed E-state index contributed by atoms with van der Waals surface area (Å²) in [6.07, 6.45) is 5.60. The lowest BCUT2D eigenvalue weighted by Crippen LogP contribution is -2.39. The van der Waals surface area contributed by atoms with Gasteiger partial charge in [-0.15, -0.1) is 0 Å². The molecule has 0 aromatic carbocycles. The van der Waals surface area contributed by atoms with Gasteiger partial charge in [-0.2, -0.15) is 0 Å². The van der Waals surface area contributed by atoms with Gasteiger partial charge in [0.25, 0.3) is 0 Å². The van der Waals surface area contributed by atoms with E-state index in [0.29, 0.717) is 0 Å². The van der Waals surface area contributed by atoms with E-state index in [1.807, 2.05) is 0 Å². The molecule has 2 atom stereocenters. The minimum atomic E-state index is 0.779. The summed E-state index contributed by atoms with van der Waals surface area (Å²) in [5, 5.41) is 3.72. The second kappa shape index (κ2) is 8.06. The molecule has 1 N–H and O–H groups in total. The summed E-state index contributed by atoms with van der Waals surface area (Å²) in [4.78, 5) is 4.66. The number of hydrogen-bond acceptors (Lipinski definition) is 3. The molecule has 102 valence electrons. The van der Waals surface area contributed by atoms with Crippen molar-refractivity contribution >= 4 is 0 Å². The van der Waals surface area contributed by atoms with Gasteiger partial charge in [-0.05, 0) is 39.9 Å². The van der Waals surface area contributed by atoms with Crippen LogP contribution < -0.4 is 5.32 Å². The normalized spacial score (nSPS) is 25.8. The standard InChI is InChI=1S/C14H31N3/c1-13-6-5-7-14(12-13)15-8-9-17(4)11-10-16(2)3/h13-15H,5-12H2,1-4H3. The number of nitrogens with zero attached hydrogens (tertiary/aromatic N) is 2. The van der Waals surface area contributed by atoms with Gasteiger partial charge in [0.15, 0.2) is 0 Å². The fraction of sp³-hybridized carbons (Fsp3) is 1.00. The molecule has 0 heterocycles. The zero-order chi connectivity index (χ0) is 12.7. The number of hydrogen-bond donors (Lipinski definition) is 1. The Hall–Kier alpha value is -0.120. The van der Waals surface area contributed by atoms with Crippen LogP contribution in [0.2, 0.25) is 0 Å². The molecule has 1 saturated carbocycles. The second-order valence-electron chi connectivity index (χ2n) is 6.03. The summed E-state index contributed by atoms with van der Waals surface area (Å²) in [6, 6.07) is 0.779. The maximum atomic E-state index is 3.72. The first-order chi connectivity index (χ1) is 8.08. The lowest BCUT2D eigenvalue weighted by Gasteiger charge is -2.28. The largest absolute Gasteiger partial charge is 0.313 e. The molecule has 3 nitrogen and oxygen atoms in total. The molecule has 0 aliphatic heterocycles. The van der Waals surface area contributed by atoms with Crippen molar-refractivity contribution in [1.82, 2.24) is 15.1 Å². The summed E-state index contributed by atoms with van der Waals surface area (Å²) in [6.45, 7) is 7.00. The Morgan fingerprint density at radius 1 is 1.06 bits per heavy atom. The van der Waals surface area contributed by atoms with Gasteiger partial charge in [0.2, 0.25) is 0 Å². The Morgan fingerprint density at radius 3 is 2.47 bits per heavy atom. The molecule has 1 aliphatic carbocycles. The average Bonchev–Trinajstić information content (AvgIpc) is 2.26. The minimum Gasteiger partial charge on any atom is -0.313 e. The van der Waals surface area contributed by atoms with Crippen molar-refractivity contribution in [1.29, 1.82) is 0 Å². The van der Waals surface area contributed by atoms with Crippen LogP contribution in [0.3, 0.4) is 0 Å². The molecule has 0 amide bonds. The Morgan fingerprint density at radius 2 is 1.82 bits per heavy atom. The molecule has 0 spiro atoms. The summed E-state index contributed by atoms with van der Waals surface area (Å²) in [7, 11) is 6.49. The fourth-order valence-electron chi connectivity index (χ4n) is 2.56. The van der Waals surface area contributed by atoms with E-state index in [9.17, 15) is 0 Å². The minimum absolute atomic E-state index is 0.779. The predicted octanol–water partition coefficient (Wildman–Crippen LogP) is 1.65. The third-order valence-corrected chi connectivity index (χ3v) is 3.79. The van der Waals surface area contributed by atoms with Gasteiger partial charge in [0, 0.05) is 32.2 Å². The number of rotatable bonds is 7. The number of likely N-dealkylation sites (N-methyl/N-ethyl adjacent to an activating group) is 2. The second-order valence-corrected chi connectivity index (χ2v) is 6.03. The van der Waals surface area contributed by atoms with Crippen LogP contribution in [0.25, 0.3) is 0 Å². The fourth-order valence-corrected chi connectivity index (χ4v) is 2.56. The van der Waals surface area contributed by atoms with Gasteiger partial charge >= 0.3 is 0 Å². The van der Waals surface area contributed by atoms with Crippen LogP contribution in [0, 0.1) is 5.92 Å². The SMILES string of the molecule is CC1CCCC(NCCN(C)CCN(C)C)C1. The molecule has 17 heavy (non-hydrogen) atoms. The van der Waals surface area contributed by atoms with E-state index in [1.165, 1.54) is 32.2 Å². The molecule has 2 unspecified atom stereocenters. The van der Waals surface area contributed by atoms with E-state index in [1.54, 1.807) is 0 Å². The Kier molecular flexibility index (Phi) is 7.09. The van der Waals surface area contributed by atoms with Crippen molar-refractivity contribution in [3.05, 3.63) is 0 Å². The van der Waals surface area contributed by atoms with Gasteiger partial charge < -0.3 is 15.1 Å². The highest BCUT2D eigenvalue weighted by Gasteiger charge is 2.17. The molecule has 0 bridgehead atoms. The maximum absolute atomic E-state index is 3.72. The highest BCUT2D eigenvalue weighted by molar-refractivity contribution is 4.76. The van der Waals surface area contributed by atoms with Crippen LogP contribution in [0.5, 0.6) is 0 Å². The highest BCUT2D eigenvalue weighted by Crippen LogP contribution is 2.23. The molecule has 0 aromatic rings. The molecular formula is C14H31N3. The van der Waals surface area contributed by atoms with Gasteiger partial charge in [-0.25, -0.2) is 0 Å². The van der Waals surface area contributed by atoms with Gasteiger partial charge in [0.1, 0.15) is 0 Å². The average molecular weight is 241 g/mol. The van der Waals surface area contributed by atoms with Crippen LogP contribution in [-0.2, 0) is 0 Å². The quantitative estimate of drug-likeness (QED) is 0.731. The van der Waals surface area contributed by atoms with E-state index in [2.05, 4.69) is 43.2 Å². The molecular weight excluding hydrogens is 210 g/mol. The lowest BCUT2D eigenvalue weighted by atomic mass is 9.87. The third kappa shape index (κ3) is 7.02. The van der Waals surface area contributed by atoms with Gasteiger partial charge in [-0.3, -0.25) is 0 Å². The van der Waals surface area contributed by atoms with Crippen molar-refractivity contribution in [2.24, 2.45) is 5.92 Å². The molecule has 1 rings (SSSR count). The van der Waals surface area contributed by atoms with Gasteiger partial charge in [-0.1, -0.05) is 19.8 Å². The maximum Gasteiger partial charge on any atom is 0.0107 e. The Bertz CT molecular complexity index is 194. The van der Waals surface area contributed by atoms with Crippen LogP contribution in [-0.4, -0.2) is 63.2 Å². The Labute approximate surface area is 108 Å². The topological polar surface area (TPSA) is 18.5 Å². The first-order valence-corrected chi connectivity index (χ1v) is 7.14. The summed E-state index contributed by atoms with van der Waals surface area (Å²) >= 11 is 0. The van der Waals surface area contributed by atoms with E-state index in [-0.39, 0.29) is 0 Å². The lowest BCUT2D eigenvalue weighted by molar-refractivity contribution is 0.260. The first-order valence-electron chi connectivity index (χ1n) is 7.14. The Balaban J connectivity index is 2.02. The molecule has 0 radical (unpaired) electrons. The van der Waals surface area contributed by atoms with E-state index >= 15 is 0 Å². The van der Waals surface area contributed by atoms with Crippen molar-refractivity contribution in [2.45, 2.75) is 38.6 Å². The summed E-state index contributed by atoms with van der Waals surface area (Å²) in [5.41, 5.74) is 0. The summed E-state index contributed by atoms with van der Waals surface area (Å²) in [5.74, 6) is 0.924. The van der Waals surface area contributed by atoms with Crippen molar-refractivity contribution < 1.29 is 0 Å². The van der Waals surface area contributed by atoms with E-state index < -0.39 is 0 Å². The zero-order valence-corrected chi connectivity index (χ0v) is 12.2. The molecule has 3 heteroatoms. The van der Waals surface area contributed by atoms with Crippen molar-refractivity contribution in [3.8, 4) is 0 Å². The van der Waals surface area contributed by atoms with E-state index in [0.717, 1.165) is 31.6 Å². The monoisotopic (exact) mass is 241 g/mol. The summed E-state index contributed by atoms with van der Waals surface area (Å²) < 4.78 is 0. The highest BCUT2D eigenvalue weighted by atomic mass is 15.2. The van der Waals surface area contributed by atoms with Crippen molar-refractivity contribution in [2.75, 3.05) is 47.3 Å². The third-order valence-electron chi connectivity index (χ3n) is 3.79. The van der Waals surface area contributed by atoms with Crippen LogP contribution in [0.1, 0.15) is 32.6 Å². The first kappa shape index (κ1) is 14.9. The molecule has 0 aromatic heterocycles. The molecule has 1 aliphatic rings. The van der Waals surface area contributed by atoms with Crippen LogP contribution in [0.15, 0.2) is 0 Å². The molecule has 0 saturated heterocycles. The van der Waals surface area contributed by atoms with E-state index in [4.69, 9.17) is 0 Å². The molecule has 1 fully saturated rings. The van der Waals surface area contributed by atoms with Gasteiger partial charge in [0.05, 0.1) is 0 Å². The van der Waals surface area contributed by atoms with Crippen LogP contribution >= 0.6 is 0 Å². The zero-order valence-electron chi connectivity index (χ0n) is 12.2.